The number of pyridine rings is 1. The van der Waals surface area contributed by atoms with Gasteiger partial charge in [-0.15, -0.1) is 0 Å². The van der Waals surface area contributed by atoms with E-state index in [1.165, 1.54) is 0 Å². The zero-order valence-corrected chi connectivity index (χ0v) is 12.2. The van der Waals surface area contributed by atoms with Crippen LogP contribution in [0, 0.1) is 5.41 Å². The highest BCUT2D eigenvalue weighted by molar-refractivity contribution is 4.94. The highest BCUT2D eigenvalue weighted by Crippen LogP contribution is 2.25. The maximum absolute atomic E-state index is 11.7. The number of aromatic nitrogens is 1. The third-order valence-corrected chi connectivity index (χ3v) is 3.88. The van der Waals surface area contributed by atoms with Crippen molar-refractivity contribution >= 4 is 0 Å². The van der Waals surface area contributed by atoms with Gasteiger partial charge < -0.3 is 9.88 Å². The van der Waals surface area contributed by atoms with Gasteiger partial charge in [-0.25, -0.2) is 0 Å². The molecule has 0 saturated carbocycles. The Bertz CT molecular complexity index is 461. The molecule has 19 heavy (non-hydrogen) atoms. The summed E-state index contributed by atoms with van der Waals surface area (Å²) in [6.45, 7) is 11.7. The molecule has 1 aromatic heterocycles. The molecule has 0 spiro atoms. The summed E-state index contributed by atoms with van der Waals surface area (Å²) in [4.78, 5) is 14.2. The average molecular weight is 263 g/mol. The smallest absolute Gasteiger partial charge is 0.250 e. The summed E-state index contributed by atoms with van der Waals surface area (Å²) in [7, 11) is 0. The molecule has 1 aliphatic heterocycles. The second kappa shape index (κ2) is 5.88. The molecule has 0 aromatic carbocycles. The maximum atomic E-state index is 11.7. The average Bonchev–Trinajstić information content (AvgIpc) is 2.37. The fraction of sp³-hybridized carbons (Fsp3) is 0.667. The molecule has 4 nitrogen and oxygen atoms in total. The summed E-state index contributed by atoms with van der Waals surface area (Å²) in [5.41, 5.74) is 0.347. The summed E-state index contributed by atoms with van der Waals surface area (Å²) in [6, 6.07) is 5.86. The minimum Gasteiger partial charge on any atom is -0.314 e. The molecule has 0 radical (unpaired) electrons. The first-order valence-electron chi connectivity index (χ1n) is 7.09. The third kappa shape index (κ3) is 3.67. The number of hydrogen-bond donors (Lipinski definition) is 1. The first kappa shape index (κ1) is 14.3. The second-order valence-electron chi connectivity index (χ2n) is 6.35. The lowest BCUT2D eigenvalue weighted by atomic mass is 9.84. The molecule has 4 heteroatoms. The molecule has 1 aliphatic rings. The molecule has 1 aromatic rings. The molecule has 1 N–H and O–H groups in total. The third-order valence-electron chi connectivity index (χ3n) is 3.88. The van der Waals surface area contributed by atoms with Gasteiger partial charge >= 0.3 is 0 Å². The van der Waals surface area contributed by atoms with E-state index in [4.69, 9.17) is 0 Å². The van der Waals surface area contributed by atoms with E-state index in [2.05, 4.69) is 31.0 Å². The van der Waals surface area contributed by atoms with Crippen LogP contribution in [0.1, 0.15) is 20.8 Å². The Hall–Kier alpha value is -1.13. The fourth-order valence-electron chi connectivity index (χ4n) is 2.75. The van der Waals surface area contributed by atoms with E-state index in [1.54, 1.807) is 16.7 Å². The SMILES string of the molecule is CC(C)(C)C1CNCCN1CCn1ccccc1=O. The minimum absolute atomic E-state index is 0.0879. The second-order valence-corrected chi connectivity index (χ2v) is 6.35. The Morgan fingerprint density at radius 1 is 1.32 bits per heavy atom. The van der Waals surface area contributed by atoms with Crippen molar-refractivity contribution in [3.05, 3.63) is 34.7 Å². The Balaban J connectivity index is 2.01. The molecule has 1 fully saturated rings. The molecule has 2 heterocycles. The molecule has 1 saturated heterocycles. The normalized spacial score (nSPS) is 21.5. The van der Waals surface area contributed by atoms with Crippen molar-refractivity contribution in [2.24, 2.45) is 5.41 Å². The van der Waals surface area contributed by atoms with Crippen LogP contribution in [0.25, 0.3) is 0 Å². The zero-order chi connectivity index (χ0) is 13.9. The van der Waals surface area contributed by atoms with Gasteiger partial charge in [0, 0.05) is 51.0 Å². The van der Waals surface area contributed by atoms with Crippen LogP contribution in [-0.4, -0.2) is 41.7 Å². The Morgan fingerprint density at radius 2 is 2.11 bits per heavy atom. The van der Waals surface area contributed by atoms with Crippen molar-refractivity contribution in [3.8, 4) is 0 Å². The van der Waals surface area contributed by atoms with Crippen LogP contribution in [0.2, 0.25) is 0 Å². The van der Waals surface area contributed by atoms with Crippen molar-refractivity contribution in [1.29, 1.82) is 0 Å². The van der Waals surface area contributed by atoms with Crippen molar-refractivity contribution in [2.45, 2.75) is 33.4 Å². The van der Waals surface area contributed by atoms with Gasteiger partial charge in [-0.3, -0.25) is 9.69 Å². The number of piperazine rings is 1. The molecule has 0 bridgehead atoms. The van der Waals surface area contributed by atoms with E-state index in [1.807, 2.05) is 12.3 Å². The van der Waals surface area contributed by atoms with Crippen molar-refractivity contribution in [3.63, 3.8) is 0 Å². The first-order chi connectivity index (χ1) is 8.98. The molecule has 106 valence electrons. The van der Waals surface area contributed by atoms with Crippen LogP contribution >= 0.6 is 0 Å². The summed E-state index contributed by atoms with van der Waals surface area (Å²) < 4.78 is 1.79. The lowest BCUT2D eigenvalue weighted by molar-refractivity contribution is 0.0721. The van der Waals surface area contributed by atoms with Gasteiger partial charge in [0.25, 0.3) is 5.56 Å². The predicted molar refractivity (Wildman–Crippen MR) is 78.4 cm³/mol. The van der Waals surface area contributed by atoms with Crippen molar-refractivity contribution in [1.82, 2.24) is 14.8 Å². The molecule has 0 aliphatic carbocycles. The summed E-state index contributed by atoms with van der Waals surface area (Å²) in [6.07, 6.45) is 1.87. The number of rotatable bonds is 3. The highest BCUT2D eigenvalue weighted by Gasteiger charge is 2.31. The molecular formula is C15H25N3O. The van der Waals surface area contributed by atoms with E-state index in [9.17, 15) is 4.79 Å². The highest BCUT2D eigenvalue weighted by atomic mass is 16.1. The zero-order valence-electron chi connectivity index (χ0n) is 12.2. The van der Waals surface area contributed by atoms with Gasteiger partial charge in [0.1, 0.15) is 0 Å². The van der Waals surface area contributed by atoms with Crippen molar-refractivity contribution in [2.75, 3.05) is 26.2 Å². The van der Waals surface area contributed by atoms with E-state index in [0.29, 0.717) is 6.04 Å². The standard InChI is InChI=1S/C15H25N3O/c1-15(2,3)13-12-16-7-9-17(13)10-11-18-8-5-4-6-14(18)19/h4-6,8,13,16H,7,9-12H2,1-3H3. The van der Waals surface area contributed by atoms with Gasteiger partial charge in [0.2, 0.25) is 0 Å². The number of hydrogen-bond acceptors (Lipinski definition) is 3. The van der Waals surface area contributed by atoms with Crippen LogP contribution in [0.5, 0.6) is 0 Å². The Morgan fingerprint density at radius 3 is 2.79 bits per heavy atom. The fourth-order valence-corrected chi connectivity index (χ4v) is 2.75. The van der Waals surface area contributed by atoms with E-state index in [0.717, 1.165) is 32.7 Å². The summed E-state index contributed by atoms with van der Waals surface area (Å²) in [5.74, 6) is 0. The predicted octanol–water partition coefficient (Wildman–Crippen LogP) is 1.17. The lowest BCUT2D eigenvalue weighted by Gasteiger charge is -2.43. The molecule has 1 atom stereocenters. The minimum atomic E-state index is 0.0879. The van der Waals surface area contributed by atoms with Crippen LogP contribution in [0.4, 0.5) is 0 Å². The maximum Gasteiger partial charge on any atom is 0.250 e. The largest absolute Gasteiger partial charge is 0.314 e. The van der Waals surface area contributed by atoms with Gasteiger partial charge in [-0.2, -0.15) is 0 Å². The number of nitrogens with zero attached hydrogens (tertiary/aromatic N) is 2. The first-order valence-corrected chi connectivity index (χ1v) is 7.09. The van der Waals surface area contributed by atoms with Gasteiger partial charge in [0.05, 0.1) is 0 Å². The molecular weight excluding hydrogens is 238 g/mol. The summed E-state index contributed by atoms with van der Waals surface area (Å²) >= 11 is 0. The molecule has 1 unspecified atom stereocenters. The van der Waals surface area contributed by atoms with Crippen LogP contribution in [0.15, 0.2) is 29.2 Å². The van der Waals surface area contributed by atoms with Crippen LogP contribution < -0.4 is 10.9 Å². The van der Waals surface area contributed by atoms with E-state index in [-0.39, 0.29) is 11.0 Å². The summed E-state index contributed by atoms with van der Waals surface area (Å²) in [5, 5.41) is 3.47. The van der Waals surface area contributed by atoms with Crippen LogP contribution in [0.3, 0.4) is 0 Å². The van der Waals surface area contributed by atoms with E-state index >= 15 is 0 Å². The van der Waals surface area contributed by atoms with E-state index < -0.39 is 0 Å². The van der Waals surface area contributed by atoms with Crippen molar-refractivity contribution < 1.29 is 0 Å². The van der Waals surface area contributed by atoms with Gasteiger partial charge in [0.15, 0.2) is 0 Å². The lowest BCUT2D eigenvalue weighted by Crippen LogP contribution is -2.57. The van der Waals surface area contributed by atoms with Crippen LogP contribution in [-0.2, 0) is 6.54 Å². The van der Waals surface area contributed by atoms with Gasteiger partial charge in [-0.1, -0.05) is 26.8 Å². The topological polar surface area (TPSA) is 37.3 Å². The number of nitrogens with one attached hydrogen (secondary N) is 1. The van der Waals surface area contributed by atoms with Gasteiger partial charge in [-0.05, 0) is 11.5 Å². The Labute approximate surface area is 115 Å². The molecule has 0 amide bonds. The Kier molecular flexibility index (Phi) is 4.42. The molecule has 2 rings (SSSR count). The quantitative estimate of drug-likeness (QED) is 0.889. The monoisotopic (exact) mass is 263 g/mol.